The molecule has 136 valence electrons. The number of methoxy groups -OCH3 is 1. The van der Waals surface area contributed by atoms with Crippen LogP contribution in [-0.2, 0) is 14.4 Å². The van der Waals surface area contributed by atoms with E-state index in [1.54, 1.807) is 18.2 Å². The van der Waals surface area contributed by atoms with Crippen LogP contribution in [0.25, 0.3) is 0 Å². The summed E-state index contributed by atoms with van der Waals surface area (Å²) in [7, 11) is 1.45. The van der Waals surface area contributed by atoms with Crippen molar-refractivity contribution in [1.29, 1.82) is 0 Å². The van der Waals surface area contributed by atoms with E-state index in [4.69, 9.17) is 10.5 Å². The molecule has 0 aromatic heterocycles. The monoisotopic (exact) mass is 378 g/mol. The number of anilines is 1. The van der Waals surface area contributed by atoms with Crippen LogP contribution in [0.4, 0.5) is 10.5 Å². The van der Waals surface area contributed by atoms with Crippen LogP contribution < -0.4 is 31.8 Å². The van der Waals surface area contributed by atoms with Gasteiger partial charge in [0, 0.05) is 11.8 Å². The van der Waals surface area contributed by atoms with E-state index in [2.05, 4.69) is 28.1 Å². The number of thiocarbonyl (C=S) groups is 1. The molecule has 1 aromatic carbocycles. The summed E-state index contributed by atoms with van der Waals surface area (Å²) in [6.45, 7) is 0. The van der Waals surface area contributed by atoms with Gasteiger partial charge in [-0.25, -0.2) is 4.79 Å². The molecule has 0 unspecified atom stereocenters. The van der Waals surface area contributed by atoms with Crippen molar-refractivity contribution >= 4 is 52.5 Å². The van der Waals surface area contributed by atoms with E-state index in [0.29, 0.717) is 11.4 Å². The molecule has 0 aliphatic carbocycles. The van der Waals surface area contributed by atoms with Gasteiger partial charge in [0.05, 0.1) is 7.11 Å². The molecule has 1 aliphatic rings. The van der Waals surface area contributed by atoms with Gasteiger partial charge in [0.2, 0.25) is 11.8 Å². The van der Waals surface area contributed by atoms with Gasteiger partial charge in [0.15, 0.2) is 11.0 Å². The average Bonchev–Trinajstić information content (AvgIpc) is 2.56. The molecule has 1 heterocycles. The van der Waals surface area contributed by atoms with Gasteiger partial charge in [0.1, 0.15) is 11.5 Å². The van der Waals surface area contributed by atoms with E-state index in [0.717, 1.165) is 0 Å². The number of benzene rings is 1. The van der Waals surface area contributed by atoms with Crippen molar-refractivity contribution in [2.24, 2.45) is 16.8 Å². The van der Waals surface area contributed by atoms with Crippen LogP contribution in [0.3, 0.4) is 0 Å². The number of rotatable bonds is 5. The third-order valence-electron chi connectivity index (χ3n) is 3.12. The van der Waals surface area contributed by atoms with Crippen LogP contribution in [0.2, 0.25) is 0 Å². The van der Waals surface area contributed by atoms with Gasteiger partial charge < -0.3 is 15.8 Å². The number of urea groups is 1. The maximum atomic E-state index is 12.5. The molecule has 1 fully saturated rings. The Bertz CT molecular complexity index is 804. The molecule has 0 atom stereocenters. The van der Waals surface area contributed by atoms with Crippen molar-refractivity contribution in [3.8, 4) is 5.75 Å². The smallest absolute Gasteiger partial charge is 0.328 e. The number of carbonyl (C=O) groups excluding carboxylic acids is 4. The first-order chi connectivity index (χ1) is 12.3. The number of imide groups is 2. The second kappa shape index (κ2) is 8.02. The number of ether oxygens (including phenoxy) is 1. The molecule has 11 nitrogen and oxygen atoms in total. The predicted molar refractivity (Wildman–Crippen MR) is 94.2 cm³/mol. The van der Waals surface area contributed by atoms with E-state index >= 15 is 0 Å². The highest BCUT2D eigenvalue weighted by Gasteiger charge is 2.41. The summed E-state index contributed by atoms with van der Waals surface area (Å²) >= 11 is 4.60. The van der Waals surface area contributed by atoms with Crippen LogP contribution in [0, 0.1) is 5.92 Å². The molecule has 0 spiro atoms. The number of carbonyl (C=O) groups is 4. The first-order valence-corrected chi connectivity index (χ1v) is 7.46. The molecule has 1 saturated heterocycles. The van der Waals surface area contributed by atoms with E-state index in [9.17, 15) is 19.2 Å². The van der Waals surface area contributed by atoms with Crippen molar-refractivity contribution in [1.82, 2.24) is 16.1 Å². The normalized spacial score (nSPS) is 15.0. The Morgan fingerprint density at radius 1 is 1.27 bits per heavy atom. The Morgan fingerprint density at radius 3 is 2.50 bits per heavy atom. The lowest BCUT2D eigenvalue weighted by molar-refractivity contribution is -0.133. The molecular formula is C14H14N6O5S. The molecule has 26 heavy (non-hydrogen) atoms. The molecule has 1 aromatic rings. The second-order valence-corrected chi connectivity index (χ2v) is 5.34. The minimum atomic E-state index is -1.68. The molecule has 5 amide bonds. The fourth-order valence-electron chi connectivity index (χ4n) is 2.02. The number of nitrogens with two attached hydrogens (primary N) is 1. The lowest BCUT2D eigenvalue weighted by atomic mass is 9.99. The summed E-state index contributed by atoms with van der Waals surface area (Å²) < 4.78 is 5.04. The zero-order valence-corrected chi connectivity index (χ0v) is 14.2. The maximum absolute atomic E-state index is 12.5. The summed E-state index contributed by atoms with van der Waals surface area (Å²) in [5.41, 5.74) is 7.20. The Balaban J connectivity index is 2.31. The van der Waals surface area contributed by atoms with Gasteiger partial charge in [-0.3, -0.25) is 30.4 Å². The first kappa shape index (κ1) is 18.8. The highest BCUT2D eigenvalue weighted by molar-refractivity contribution is 7.80. The topological polar surface area (TPSA) is 164 Å². The number of hydrogen-bond acceptors (Lipinski definition) is 7. The molecule has 2 rings (SSSR count). The fraction of sp³-hybridized carbons (Fsp3) is 0.143. The van der Waals surface area contributed by atoms with Crippen LogP contribution in [0.15, 0.2) is 29.4 Å². The molecule has 12 heteroatoms. The minimum absolute atomic E-state index is 0.288. The van der Waals surface area contributed by atoms with Crippen LogP contribution in [0.5, 0.6) is 5.75 Å². The predicted octanol–water partition coefficient (Wildman–Crippen LogP) is -1.19. The Hall–Kier alpha value is -3.54. The lowest BCUT2D eigenvalue weighted by Gasteiger charge is -2.21. The number of amides is 5. The molecule has 6 N–H and O–H groups in total. The molecule has 0 saturated carbocycles. The lowest BCUT2D eigenvalue weighted by Crippen LogP contribution is -2.59. The van der Waals surface area contributed by atoms with Crippen LogP contribution in [0.1, 0.15) is 0 Å². The highest BCUT2D eigenvalue weighted by Crippen LogP contribution is 2.17. The summed E-state index contributed by atoms with van der Waals surface area (Å²) in [6, 6.07) is 5.36. The van der Waals surface area contributed by atoms with Crippen molar-refractivity contribution in [2.75, 3.05) is 12.4 Å². The highest BCUT2D eigenvalue weighted by atomic mass is 32.1. The Kier molecular flexibility index (Phi) is 5.80. The SMILES string of the molecule is COc1cccc(NC(=O)C(=NNC(N)=S)C2C(=O)NC(=O)NC2=O)c1. The Morgan fingerprint density at radius 2 is 1.92 bits per heavy atom. The zero-order chi connectivity index (χ0) is 19.3. The standard InChI is InChI=1S/C14H14N6O5S/c1-25-7-4-2-3-6(5-7)16-12(23)9(19-20-13(15)26)8-10(21)17-14(24)18-11(8)22/h2-5,8H,1H3,(H,16,23)(H3,15,20,26)(H2,17,18,21,22,24). The average molecular weight is 378 g/mol. The van der Waals surface area contributed by atoms with Crippen molar-refractivity contribution in [3.05, 3.63) is 24.3 Å². The van der Waals surface area contributed by atoms with Crippen molar-refractivity contribution in [3.63, 3.8) is 0 Å². The van der Waals surface area contributed by atoms with E-state index < -0.39 is 35.4 Å². The molecule has 0 bridgehead atoms. The zero-order valence-electron chi connectivity index (χ0n) is 13.4. The third kappa shape index (κ3) is 4.51. The summed E-state index contributed by atoms with van der Waals surface area (Å²) in [6.07, 6.45) is 0. The van der Waals surface area contributed by atoms with E-state index in [-0.39, 0.29) is 5.11 Å². The van der Waals surface area contributed by atoms with Crippen molar-refractivity contribution in [2.45, 2.75) is 0 Å². The van der Waals surface area contributed by atoms with Gasteiger partial charge in [-0.1, -0.05) is 6.07 Å². The molecular weight excluding hydrogens is 364 g/mol. The summed E-state index contributed by atoms with van der Waals surface area (Å²) in [4.78, 5) is 47.7. The van der Waals surface area contributed by atoms with E-state index in [1.807, 2.05) is 10.6 Å². The third-order valence-corrected chi connectivity index (χ3v) is 3.21. The maximum Gasteiger partial charge on any atom is 0.328 e. The van der Waals surface area contributed by atoms with Crippen LogP contribution >= 0.6 is 12.2 Å². The summed E-state index contributed by atoms with van der Waals surface area (Å²) in [5, 5.41) is 9.58. The van der Waals surface area contributed by atoms with Gasteiger partial charge in [-0.05, 0) is 24.4 Å². The van der Waals surface area contributed by atoms with Gasteiger partial charge >= 0.3 is 6.03 Å². The first-order valence-electron chi connectivity index (χ1n) is 7.06. The number of nitrogens with zero attached hydrogens (tertiary/aromatic N) is 1. The van der Waals surface area contributed by atoms with Gasteiger partial charge in [0.25, 0.3) is 5.91 Å². The van der Waals surface area contributed by atoms with Crippen LogP contribution in [-0.4, -0.2) is 41.7 Å². The Labute approximate surface area is 152 Å². The number of hydrogen-bond donors (Lipinski definition) is 5. The second-order valence-electron chi connectivity index (χ2n) is 4.90. The van der Waals surface area contributed by atoms with Gasteiger partial charge in [-0.2, -0.15) is 5.10 Å². The number of barbiturate groups is 1. The van der Waals surface area contributed by atoms with E-state index in [1.165, 1.54) is 13.2 Å². The quantitative estimate of drug-likeness (QED) is 0.185. The largest absolute Gasteiger partial charge is 0.497 e. The molecule has 0 radical (unpaired) electrons. The summed E-state index contributed by atoms with van der Waals surface area (Å²) in [5.74, 6) is -4.11. The number of nitrogens with one attached hydrogen (secondary N) is 4. The van der Waals surface area contributed by atoms with Gasteiger partial charge in [-0.15, -0.1) is 0 Å². The molecule has 1 aliphatic heterocycles. The number of hydrazone groups is 1. The minimum Gasteiger partial charge on any atom is -0.497 e. The van der Waals surface area contributed by atoms with Crippen molar-refractivity contribution < 1.29 is 23.9 Å². The fourth-order valence-corrected chi connectivity index (χ4v) is 2.07.